The van der Waals surface area contributed by atoms with Gasteiger partial charge in [0.1, 0.15) is 5.54 Å². The molecule has 1 atom stereocenters. The molecule has 0 aromatic rings. The molecule has 1 spiro atoms. The standard InChI is InChI=1S/C7H11N3O2/c1-10-3-2-7(4-10)5(11)8-6(12)9-7/h2-4H2,1H3,(H2,8,9,11,12). The number of amides is 3. The Bertz CT molecular complexity index is 253. The minimum atomic E-state index is -0.633. The molecule has 66 valence electrons. The summed E-state index contributed by atoms with van der Waals surface area (Å²) in [6.07, 6.45) is 0.709. The van der Waals surface area contributed by atoms with Crippen molar-refractivity contribution in [2.75, 3.05) is 20.1 Å². The summed E-state index contributed by atoms with van der Waals surface area (Å²) in [5.74, 6) is -0.183. The molecule has 2 N–H and O–H groups in total. The number of nitrogens with one attached hydrogen (secondary N) is 2. The van der Waals surface area contributed by atoms with Crippen molar-refractivity contribution >= 4 is 11.9 Å². The molecule has 2 fully saturated rings. The third kappa shape index (κ3) is 0.896. The third-order valence-electron chi connectivity index (χ3n) is 2.47. The van der Waals surface area contributed by atoms with E-state index in [4.69, 9.17) is 0 Å². The van der Waals surface area contributed by atoms with Crippen LogP contribution in [0.2, 0.25) is 0 Å². The molecule has 0 aliphatic carbocycles. The van der Waals surface area contributed by atoms with Crippen LogP contribution >= 0.6 is 0 Å². The van der Waals surface area contributed by atoms with Crippen LogP contribution in [0.1, 0.15) is 6.42 Å². The predicted octanol–water partition coefficient (Wildman–Crippen LogP) is -1.10. The zero-order chi connectivity index (χ0) is 8.77. The number of nitrogens with zero attached hydrogens (tertiary/aromatic N) is 1. The molecule has 0 radical (unpaired) electrons. The lowest BCUT2D eigenvalue weighted by Gasteiger charge is -2.18. The average molecular weight is 169 g/mol. The van der Waals surface area contributed by atoms with E-state index in [0.717, 1.165) is 6.54 Å². The SMILES string of the molecule is CN1CCC2(C1)NC(=O)NC2=O. The highest BCUT2D eigenvalue weighted by Gasteiger charge is 2.49. The van der Waals surface area contributed by atoms with Gasteiger partial charge in [-0.3, -0.25) is 10.1 Å². The Morgan fingerprint density at radius 2 is 2.25 bits per heavy atom. The highest BCUT2D eigenvalue weighted by atomic mass is 16.2. The molecule has 5 nitrogen and oxygen atoms in total. The van der Waals surface area contributed by atoms with E-state index >= 15 is 0 Å². The molecule has 2 aliphatic rings. The number of imide groups is 1. The highest BCUT2D eigenvalue weighted by Crippen LogP contribution is 2.22. The summed E-state index contributed by atoms with van der Waals surface area (Å²) < 4.78 is 0. The minimum Gasteiger partial charge on any atom is -0.322 e. The molecule has 1 unspecified atom stereocenters. The molecule has 5 heteroatoms. The topological polar surface area (TPSA) is 61.4 Å². The average Bonchev–Trinajstić information content (AvgIpc) is 2.43. The maximum Gasteiger partial charge on any atom is 0.322 e. The summed E-state index contributed by atoms with van der Waals surface area (Å²) in [6.45, 7) is 1.47. The molecule has 2 aliphatic heterocycles. The van der Waals surface area contributed by atoms with Crippen LogP contribution < -0.4 is 10.6 Å². The van der Waals surface area contributed by atoms with Gasteiger partial charge in [0, 0.05) is 13.1 Å². The van der Waals surface area contributed by atoms with E-state index in [-0.39, 0.29) is 11.9 Å². The number of hydrogen-bond donors (Lipinski definition) is 2. The van der Waals surface area contributed by atoms with Gasteiger partial charge < -0.3 is 10.2 Å². The molecular weight excluding hydrogens is 158 g/mol. The number of rotatable bonds is 0. The fourth-order valence-corrected chi connectivity index (χ4v) is 1.82. The van der Waals surface area contributed by atoms with Crippen LogP contribution in [0.3, 0.4) is 0 Å². The normalized spacial score (nSPS) is 35.8. The van der Waals surface area contributed by atoms with Gasteiger partial charge in [0.15, 0.2) is 0 Å². The Kier molecular flexibility index (Phi) is 1.38. The van der Waals surface area contributed by atoms with Crippen LogP contribution in [-0.2, 0) is 4.79 Å². The van der Waals surface area contributed by atoms with Gasteiger partial charge in [0.2, 0.25) is 0 Å². The zero-order valence-electron chi connectivity index (χ0n) is 6.89. The van der Waals surface area contributed by atoms with E-state index < -0.39 is 5.54 Å². The van der Waals surface area contributed by atoms with Crippen molar-refractivity contribution in [2.45, 2.75) is 12.0 Å². The monoisotopic (exact) mass is 169 g/mol. The van der Waals surface area contributed by atoms with E-state index in [2.05, 4.69) is 10.6 Å². The number of carbonyl (C=O) groups is 2. The van der Waals surface area contributed by atoms with Crippen molar-refractivity contribution in [2.24, 2.45) is 0 Å². The quantitative estimate of drug-likeness (QED) is 0.452. The van der Waals surface area contributed by atoms with Gasteiger partial charge in [0.25, 0.3) is 5.91 Å². The first-order valence-electron chi connectivity index (χ1n) is 3.95. The Morgan fingerprint density at radius 1 is 1.50 bits per heavy atom. The van der Waals surface area contributed by atoms with Crippen LogP contribution in [0.25, 0.3) is 0 Å². The summed E-state index contributed by atoms with van der Waals surface area (Å²) in [7, 11) is 1.94. The van der Waals surface area contributed by atoms with Gasteiger partial charge in [-0.15, -0.1) is 0 Å². The minimum absolute atomic E-state index is 0.183. The van der Waals surface area contributed by atoms with Crippen molar-refractivity contribution < 1.29 is 9.59 Å². The van der Waals surface area contributed by atoms with E-state index in [1.165, 1.54) is 0 Å². The maximum absolute atomic E-state index is 11.3. The van der Waals surface area contributed by atoms with Crippen molar-refractivity contribution in [3.05, 3.63) is 0 Å². The molecule has 0 aromatic heterocycles. The second kappa shape index (κ2) is 2.20. The fourth-order valence-electron chi connectivity index (χ4n) is 1.82. The Morgan fingerprint density at radius 3 is 2.67 bits per heavy atom. The van der Waals surface area contributed by atoms with Crippen LogP contribution in [-0.4, -0.2) is 42.5 Å². The van der Waals surface area contributed by atoms with Crippen LogP contribution in [0.4, 0.5) is 4.79 Å². The summed E-state index contributed by atoms with van der Waals surface area (Å²) in [5.41, 5.74) is -0.633. The third-order valence-corrected chi connectivity index (χ3v) is 2.47. The molecule has 0 saturated carbocycles. The molecule has 2 heterocycles. The lowest BCUT2D eigenvalue weighted by atomic mass is 10.00. The molecule has 12 heavy (non-hydrogen) atoms. The number of likely N-dealkylation sites (N-methyl/N-ethyl adjacent to an activating group) is 1. The predicted molar refractivity (Wildman–Crippen MR) is 41.5 cm³/mol. The van der Waals surface area contributed by atoms with Gasteiger partial charge in [0.05, 0.1) is 0 Å². The maximum atomic E-state index is 11.3. The highest BCUT2D eigenvalue weighted by molar-refractivity contribution is 6.07. The summed E-state index contributed by atoms with van der Waals surface area (Å²) in [5, 5.41) is 4.92. The van der Waals surface area contributed by atoms with E-state index in [1.54, 1.807) is 0 Å². The van der Waals surface area contributed by atoms with Crippen LogP contribution in [0.15, 0.2) is 0 Å². The van der Waals surface area contributed by atoms with Crippen molar-refractivity contribution in [3.63, 3.8) is 0 Å². The number of carbonyl (C=O) groups excluding carboxylic acids is 2. The Labute approximate surface area is 70.1 Å². The molecule has 2 saturated heterocycles. The largest absolute Gasteiger partial charge is 0.322 e. The summed E-state index contributed by atoms with van der Waals surface area (Å²) >= 11 is 0. The zero-order valence-corrected chi connectivity index (χ0v) is 6.89. The molecule has 0 aromatic carbocycles. The fraction of sp³-hybridized carbons (Fsp3) is 0.714. The first kappa shape index (κ1) is 7.54. The van der Waals surface area contributed by atoms with Gasteiger partial charge in [-0.25, -0.2) is 4.79 Å². The lowest BCUT2D eigenvalue weighted by molar-refractivity contribution is -0.123. The second-order valence-electron chi connectivity index (χ2n) is 3.48. The Balaban J connectivity index is 2.22. The van der Waals surface area contributed by atoms with Crippen molar-refractivity contribution in [1.29, 1.82) is 0 Å². The first-order valence-corrected chi connectivity index (χ1v) is 3.95. The van der Waals surface area contributed by atoms with E-state index in [1.807, 2.05) is 11.9 Å². The summed E-state index contributed by atoms with van der Waals surface area (Å²) in [4.78, 5) is 24.2. The first-order chi connectivity index (χ1) is 5.62. The van der Waals surface area contributed by atoms with Gasteiger partial charge in [-0.2, -0.15) is 0 Å². The van der Waals surface area contributed by atoms with Gasteiger partial charge in [-0.1, -0.05) is 0 Å². The summed E-state index contributed by atoms with van der Waals surface area (Å²) in [6, 6.07) is -0.365. The number of urea groups is 1. The van der Waals surface area contributed by atoms with Crippen LogP contribution in [0, 0.1) is 0 Å². The van der Waals surface area contributed by atoms with Crippen LogP contribution in [0.5, 0.6) is 0 Å². The number of likely N-dealkylation sites (tertiary alicyclic amines) is 1. The number of hydrogen-bond acceptors (Lipinski definition) is 3. The van der Waals surface area contributed by atoms with E-state index in [9.17, 15) is 9.59 Å². The van der Waals surface area contributed by atoms with Crippen molar-refractivity contribution in [3.8, 4) is 0 Å². The molecule has 0 bridgehead atoms. The molecule has 3 amide bonds. The van der Waals surface area contributed by atoms with Gasteiger partial charge in [-0.05, 0) is 13.5 Å². The lowest BCUT2D eigenvalue weighted by Crippen LogP contribution is -2.48. The van der Waals surface area contributed by atoms with Crippen molar-refractivity contribution in [1.82, 2.24) is 15.5 Å². The smallest absolute Gasteiger partial charge is 0.322 e. The second-order valence-corrected chi connectivity index (χ2v) is 3.48. The Hall–Kier alpha value is -1.10. The van der Waals surface area contributed by atoms with Gasteiger partial charge >= 0.3 is 6.03 Å². The van der Waals surface area contributed by atoms with E-state index in [0.29, 0.717) is 13.0 Å². The molecule has 2 rings (SSSR count). The molecular formula is C7H11N3O2.